The summed E-state index contributed by atoms with van der Waals surface area (Å²) in [4.78, 5) is 0. The van der Waals surface area contributed by atoms with Gasteiger partial charge in [-0.1, -0.05) is 6.92 Å². The van der Waals surface area contributed by atoms with Crippen LogP contribution in [-0.2, 0) is 4.74 Å². The summed E-state index contributed by atoms with van der Waals surface area (Å²) < 4.78 is 5.45. The summed E-state index contributed by atoms with van der Waals surface area (Å²) >= 11 is 0. The van der Waals surface area contributed by atoms with Crippen LogP contribution in [0.4, 0.5) is 0 Å². The van der Waals surface area contributed by atoms with Gasteiger partial charge in [-0.3, -0.25) is 0 Å². The Labute approximate surface area is 50.0 Å². The van der Waals surface area contributed by atoms with Crippen molar-refractivity contribution in [3.05, 3.63) is 0 Å². The molecule has 0 N–H and O–H groups in total. The van der Waals surface area contributed by atoms with Crippen molar-refractivity contribution in [3.63, 3.8) is 0 Å². The van der Waals surface area contributed by atoms with Gasteiger partial charge in [-0.05, 0) is 25.7 Å². The maximum absolute atomic E-state index is 5.45. The van der Waals surface area contributed by atoms with E-state index in [1.807, 2.05) is 0 Å². The van der Waals surface area contributed by atoms with Gasteiger partial charge >= 0.3 is 0 Å². The van der Waals surface area contributed by atoms with Crippen molar-refractivity contribution in [3.8, 4) is 0 Å². The van der Waals surface area contributed by atoms with Crippen LogP contribution < -0.4 is 0 Å². The Morgan fingerprint density at radius 3 is 2.38 bits per heavy atom. The maximum atomic E-state index is 5.45. The largest absolute Gasteiger partial charge is 0.366 e. The van der Waals surface area contributed by atoms with Crippen molar-refractivity contribution < 1.29 is 4.74 Å². The summed E-state index contributed by atoms with van der Waals surface area (Å²) in [6.45, 7) is 4.52. The third-order valence-corrected chi connectivity index (χ3v) is 2.82. The molecule has 0 aromatic carbocycles. The van der Waals surface area contributed by atoms with Crippen LogP contribution in [0.1, 0.15) is 26.7 Å². The fourth-order valence-corrected chi connectivity index (χ4v) is 1.74. The van der Waals surface area contributed by atoms with Gasteiger partial charge in [0.1, 0.15) is 0 Å². The molecule has 1 saturated heterocycles. The predicted molar refractivity (Wildman–Crippen MR) is 31.7 cm³/mol. The summed E-state index contributed by atoms with van der Waals surface area (Å²) in [7, 11) is 0. The molecule has 0 amide bonds. The summed E-state index contributed by atoms with van der Waals surface area (Å²) in [6.07, 6.45) is 3.32. The molecule has 3 atom stereocenters. The van der Waals surface area contributed by atoms with E-state index in [0.29, 0.717) is 11.7 Å². The zero-order valence-electron chi connectivity index (χ0n) is 5.48. The SMILES string of the molecule is C[C@H]1CC[C@H]2O[C@@]12C. The lowest BCUT2D eigenvalue weighted by Crippen LogP contribution is -2.12. The highest BCUT2D eigenvalue weighted by Gasteiger charge is 2.59. The van der Waals surface area contributed by atoms with Gasteiger partial charge in [-0.25, -0.2) is 0 Å². The molecule has 1 nitrogen and oxygen atoms in total. The van der Waals surface area contributed by atoms with Gasteiger partial charge in [-0.2, -0.15) is 0 Å². The molecule has 2 aliphatic rings. The first-order valence-corrected chi connectivity index (χ1v) is 3.41. The zero-order chi connectivity index (χ0) is 5.78. The third kappa shape index (κ3) is 0.368. The number of hydrogen-bond acceptors (Lipinski definition) is 1. The summed E-state index contributed by atoms with van der Waals surface area (Å²) in [5.41, 5.74) is 0.319. The first kappa shape index (κ1) is 4.80. The Balaban J connectivity index is 2.19. The van der Waals surface area contributed by atoms with E-state index in [9.17, 15) is 0 Å². The van der Waals surface area contributed by atoms with Crippen LogP contribution in [0.15, 0.2) is 0 Å². The molecule has 1 aliphatic carbocycles. The normalized spacial score (nSPS) is 60.8. The number of fused-ring (bicyclic) bond motifs is 1. The highest BCUT2D eigenvalue weighted by molar-refractivity contribution is 5.07. The first-order valence-electron chi connectivity index (χ1n) is 3.41. The molecule has 1 aliphatic heterocycles. The van der Waals surface area contributed by atoms with Gasteiger partial charge < -0.3 is 4.74 Å². The van der Waals surface area contributed by atoms with E-state index in [0.717, 1.165) is 5.92 Å². The number of ether oxygens (including phenoxy) is 1. The minimum Gasteiger partial charge on any atom is -0.366 e. The molecule has 8 heavy (non-hydrogen) atoms. The lowest BCUT2D eigenvalue weighted by molar-refractivity contribution is 0.211. The lowest BCUT2D eigenvalue weighted by Gasteiger charge is -2.07. The van der Waals surface area contributed by atoms with E-state index >= 15 is 0 Å². The molecule has 2 rings (SSSR count). The van der Waals surface area contributed by atoms with Gasteiger partial charge in [0.15, 0.2) is 0 Å². The Kier molecular flexibility index (Phi) is 0.663. The zero-order valence-corrected chi connectivity index (χ0v) is 5.48. The molecule has 2 fully saturated rings. The van der Waals surface area contributed by atoms with Crippen LogP contribution in [0.5, 0.6) is 0 Å². The minimum atomic E-state index is 0.319. The van der Waals surface area contributed by atoms with Gasteiger partial charge in [0, 0.05) is 0 Å². The second-order valence-electron chi connectivity index (χ2n) is 3.27. The number of epoxide rings is 1. The van der Waals surface area contributed by atoms with E-state index in [-0.39, 0.29) is 0 Å². The molecule has 46 valence electrons. The van der Waals surface area contributed by atoms with Gasteiger partial charge in [0.2, 0.25) is 0 Å². The van der Waals surface area contributed by atoms with Crippen molar-refractivity contribution in [2.75, 3.05) is 0 Å². The molecule has 1 heteroatoms. The monoisotopic (exact) mass is 112 g/mol. The van der Waals surface area contributed by atoms with Crippen molar-refractivity contribution in [1.82, 2.24) is 0 Å². The molecule has 1 heterocycles. The van der Waals surface area contributed by atoms with Crippen LogP contribution in [0.3, 0.4) is 0 Å². The number of rotatable bonds is 0. The molecule has 0 bridgehead atoms. The number of hydrogen-bond donors (Lipinski definition) is 0. The van der Waals surface area contributed by atoms with Crippen molar-refractivity contribution in [1.29, 1.82) is 0 Å². The summed E-state index contributed by atoms with van der Waals surface area (Å²) in [5.74, 6) is 0.812. The van der Waals surface area contributed by atoms with E-state index in [1.54, 1.807) is 0 Å². The molecule has 0 spiro atoms. The van der Waals surface area contributed by atoms with Crippen LogP contribution >= 0.6 is 0 Å². The van der Waals surface area contributed by atoms with Crippen LogP contribution in [0, 0.1) is 5.92 Å². The third-order valence-electron chi connectivity index (χ3n) is 2.82. The fourth-order valence-electron chi connectivity index (χ4n) is 1.74. The second kappa shape index (κ2) is 1.10. The highest BCUT2D eigenvalue weighted by Crippen LogP contribution is 2.52. The first-order chi connectivity index (χ1) is 3.73. The predicted octanol–water partition coefficient (Wildman–Crippen LogP) is 1.57. The smallest absolute Gasteiger partial charge is 0.0945 e. The highest BCUT2D eigenvalue weighted by atomic mass is 16.6. The van der Waals surface area contributed by atoms with E-state index in [2.05, 4.69) is 13.8 Å². The van der Waals surface area contributed by atoms with Crippen LogP contribution in [-0.4, -0.2) is 11.7 Å². The molecule has 1 saturated carbocycles. The molecular formula is C7H12O. The molecule has 0 radical (unpaired) electrons. The van der Waals surface area contributed by atoms with Gasteiger partial charge in [-0.15, -0.1) is 0 Å². The Bertz CT molecular complexity index is 120. The molecule has 0 unspecified atom stereocenters. The molecule has 0 aromatic heterocycles. The van der Waals surface area contributed by atoms with E-state index in [1.165, 1.54) is 12.8 Å². The van der Waals surface area contributed by atoms with Crippen molar-refractivity contribution >= 4 is 0 Å². The molecular weight excluding hydrogens is 100 g/mol. The summed E-state index contributed by atoms with van der Waals surface area (Å²) in [6, 6.07) is 0. The average molecular weight is 112 g/mol. The topological polar surface area (TPSA) is 12.5 Å². The lowest BCUT2D eigenvalue weighted by atomic mass is 10.00. The fraction of sp³-hybridized carbons (Fsp3) is 1.00. The minimum absolute atomic E-state index is 0.319. The van der Waals surface area contributed by atoms with Gasteiger partial charge in [0.05, 0.1) is 11.7 Å². The van der Waals surface area contributed by atoms with Gasteiger partial charge in [0.25, 0.3) is 0 Å². The Hall–Kier alpha value is -0.0400. The Morgan fingerprint density at radius 1 is 1.50 bits per heavy atom. The molecule has 0 aromatic rings. The quantitative estimate of drug-likeness (QED) is 0.433. The maximum Gasteiger partial charge on any atom is 0.0945 e. The average Bonchev–Trinajstić information content (AvgIpc) is 2.31. The Morgan fingerprint density at radius 2 is 2.25 bits per heavy atom. The van der Waals surface area contributed by atoms with Crippen molar-refractivity contribution in [2.24, 2.45) is 5.92 Å². The summed E-state index contributed by atoms with van der Waals surface area (Å²) in [5, 5.41) is 0. The second-order valence-corrected chi connectivity index (χ2v) is 3.27. The van der Waals surface area contributed by atoms with Crippen LogP contribution in [0.25, 0.3) is 0 Å². The standard InChI is InChI=1S/C7H12O/c1-5-3-4-6-7(5,2)8-6/h5-6H,3-4H2,1-2H3/t5-,6+,7-/m0/s1. The van der Waals surface area contributed by atoms with Crippen molar-refractivity contribution in [2.45, 2.75) is 38.4 Å². The van der Waals surface area contributed by atoms with E-state index in [4.69, 9.17) is 4.74 Å². The van der Waals surface area contributed by atoms with E-state index < -0.39 is 0 Å². The van der Waals surface area contributed by atoms with Crippen LogP contribution in [0.2, 0.25) is 0 Å².